The molecular weight excluding hydrogens is 276 g/mol. The highest BCUT2D eigenvalue weighted by Crippen LogP contribution is 2.39. The second-order valence-corrected chi connectivity index (χ2v) is 8.09. The highest BCUT2D eigenvalue weighted by molar-refractivity contribution is 4.86. The van der Waals surface area contributed by atoms with Gasteiger partial charge in [-0.25, -0.2) is 0 Å². The Morgan fingerprint density at radius 3 is 2.14 bits per heavy atom. The van der Waals surface area contributed by atoms with Crippen molar-refractivity contribution in [3.8, 4) is 0 Å². The molecule has 0 aromatic carbocycles. The molecule has 4 nitrogen and oxygen atoms in total. The van der Waals surface area contributed by atoms with Gasteiger partial charge in [-0.3, -0.25) is 9.80 Å². The maximum atomic E-state index is 8.71. The van der Waals surface area contributed by atoms with Crippen LogP contribution in [-0.2, 0) is 4.74 Å². The van der Waals surface area contributed by atoms with E-state index in [1.807, 2.05) is 0 Å². The summed E-state index contributed by atoms with van der Waals surface area (Å²) in [6.07, 6.45) is 5.59. The largest absolute Gasteiger partial charge is 0.394 e. The van der Waals surface area contributed by atoms with Crippen molar-refractivity contribution in [1.29, 1.82) is 0 Å². The van der Waals surface area contributed by atoms with Gasteiger partial charge in [0.25, 0.3) is 0 Å². The zero-order chi connectivity index (χ0) is 16.0. The monoisotopic (exact) mass is 312 g/mol. The normalized spacial score (nSPS) is 28.9. The van der Waals surface area contributed by atoms with E-state index >= 15 is 0 Å². The Bertz CT molecular complexity index is 301. The summed E-state index contributed by atoms with van der Waals surface area (Å²) in [5.41, 5.74) is 0.484. The maximum absolute atomic E-state index is 8.71. The molecule has 1 aliphatic carbocycles. The van der Waals surface area contributed by atoms with Gasteiger partial charge in [0.1, 0.15) is 0 Å². The molecule has 1 saturated carbocycles. The van der Waals surface area contributed by atoms with Gasteiger partial charge in [-0.15, -0.1) is 0 Å². The predicted molar refractivity (Wildman–Crippen MR) is 91.1 cm³/mol. The molecule has 0 aromatic rings. The molecule has 0 atom stereocenters. The maximum Gasteiger partial charge on any atom is 0.0698 e. The fraction of sp³-hybridized carbons (Fsp3) is 1.00. The summed E-state index contributed by atoms with van der Waals surface area (Å²) in [5.74, 6) is 0.911. The summed E-state index contributed by atoms with van der Waals surface area (Å²) in [4.78, 5) is 5.22. The number of aliphatic hydroxyl groups excluding tert-OH is 1. The van der Waals surface area contributed by atoms with Crippen LogP contribution in [0.15, 0.2) is 0 Å². The van der Waals surface area contributed by atoms with Crippen molar-refractivity contribution in [2.75, 3.05) is 52.5 Å². The van der Waals surface area contributed by atoms with Crippen LogP contribution in [0.3, 0.4) is 0 Å². The Hall–Kier alpha value is -0.160. The van der Waals surface area contributed by atoms with Crippen molar-refractivity contribution in [2.45, 2.75) is 52.5 Å². The third kappa shape index (κ3) is 5.48. The smallest absolute Gasteiger partial charge is 0.0698 e. The van der Waals surface area contributed by atoms with E-state index < -0.39 is 0 Å². The lowest BCUT2D eigenvalue weighted by molar-refractivity contribution is 0.0334. The summed E-state index contributed by atoms with van der Waals surface area (Å²) >= 11 is 0. The molecule has 1 heterocycles. The minimum Gasteiger partial charge on any atom is -0.394 e. The van der Waals surface area contributed by atoms with Crippen LogP contribution in [0.25, 0.3) is 0 Å². The fourth-order valence-electron chi connectivity index (χ4n) is 4.02. The molecular formula is C18H36N2O2. The Labute approximate surface area is 136 Å². The third-order valence-electron chi connectivity index (χ3n) is 5.63. The molecule has 0 bridgehead atoms. The van der Waals surface area contributed by atoms with Gasteiger partial charge in [0.15, 0.2) is 0 Å². The summed E-state index contributed by atoms with van der Waals surface area (Å²) in [6.45, 7) is 14.3. The van der Waals surface area contributed by atoms with Crippen molar-refractivity contribution in [3.63, 3.8) is 0 Å². The number of ether oxygens (including phenoxy) is 1. The number of hydrogen-bond donors (Lipinski definition) is 1. The highest BCUT2D eigenvalue weighted by Gasteiger charge is 2.32. The van der Waals surface area contributed by atoms with Gasteiger partial charge in [-0.05, 0) is 37.0 Å². The summed E-state index contributed by atoms with van der Waals surface area (Å²) in [7, 11) is 0. The van der Waals surface area contributed by atoms with Crippen molar-refractivity contribution in [3.05, 3.63) is 0 Å². The van der Waals surface area contributed by atoms with Crippen LogP contribution in [0, 0.1) is 11.3 Å². The average Bonchev–Trinajstić information content (AvgIpc) is 2.51. The zero-order valence-electron chi connectivity index (χ0n) is 14.9. The first-order valence-electron chi connectivity index (χ1n) is 9.15. The van der Waals surface area contributed by atoms with Gasteiger partial charge < -0.3 is 9.84 Å². The van der Waals surface area contributed by atoms with Gasteiger partial charge in [-0.2, -0.15) is 0 Å². The molecule has 2 fully saturated rings. The molecule has 130 valence electrons. The van der Waals surface area contributed by atoms with E-state index in [2.05, 4.69) is 30.6 Å². The van der Waals surface area contributed by atoms with E-state index in [9.17, 15) is 0 Å². The molecule has 0 unspecified atom stereocenters. The molecule has 4 heteroatoms. The van der Waals surface area contributed by atoms with Crippen LogP contribution in [-0.4, -0.2) is 73.5 Å². The number of piperazine rings is 1. The summed E-state index contributed by atoms with van der Waals surface area (Å²) in [5, 5.41) is 8.71. The molecule has 2 rings (SSSR count). The number of aliphatic hydroxyl groups is 1. The first-order valence-corrected chi connectivity index (χ1v) is 9.15. The van der Waals surface area contributed by atoms with E-state index in [0.29, 0.717) is 12.0 Å². The number of hydrogen-bond acceptors (Lipinski definition) is 4. The second kappa shape index (κ2) is 8.62. The van der Waals surface area contributed by atoms with Crippen molar-refractivity contribution < 1.29 is 9.84 Å². The zero-order valence-corrected chi connectivity index (χ0v) is 14.9. The van der Waals surface area contributed by atoms with Gasteiger partial charge in [0, 0.05) is 38.8 Å². The lowest BCUT2D eigenvalue weighted by atomic mass is 9.71. The van der Waals surface area contributed by atoms with Crippen molar-refractivity contribution >= 4 is 0 Å². The summed E-state index contributed by atoms with van der Waals surface area (Å²) < 4.78 is 5.37. The Morgan fingerprint density at radius 1 is 0.955 bits per heavy atom. The quantitative estimate of drug-likeness (QED) is 0.763. The molecule has 2 aliphatic rings. The molecule has 22 heavy (non-hydrogen) atoms. The summed E-state index contributed by atoms with van der Waals surface area (Å²) in [6, 6.07) is 0.825. The Kier molecular flexibility index (Phi) is 7.13. The SMILES string of the molecule is CC(C)(C)C1CCC(N2CCN(CCOCCO)CC2)CC1. The minimum absolute atomic E-state index is 0.130. The second-order valence-electron chi connectivity index (χ2n) is 8.09. The van der Waals surface area contributed by atoms with Gasteiger partial charge >= 0.3 is 0 Å². The van der Waals surface area contributed by atoms with E-state index in [1.54, 1.807) is 0 Å². The van der Waals surface area contributed by atoms with E-state index in [-0.39, 0.29) is 6.61 Å². The number of rotatable bonds is 6. The van der Waals surface area contributed by atoms with Crippen molar-refractivity contribution in [1.82, 2.24) is 9.80 Å². The van der Waals surface area contributed by atoms with Gasteiger partial charge in [0.05, 0.1) is 19.8 Å². The first-order chi connectivity index (χ1) is 10.5. The third-order valence-corrected chi connectivity index (χ3v) is 5.63. The minimum atomic E-state index is 0.130. The predicted octanol–water partition coefficient (Wildman–Crippen LogP) is 2.22. The van der Waals surface area contributed by atoms with Crippen LogP contribution in [0.1, 0.15) is 46.5 Å². The fourth-order valence-corrected chi connectivity index (χ4v) is 4.02. The van der Waals surface area contributed by atoms with Crippen LogP contribution in [0.2, 0.25) is 0 Å². The van der Waals surface area contributed by atoms with E-state index in [0.717, 1.165) is 25.1 Å². The lowest BCUT2D eigenvalue weighted by Gasteiger charge is -2.44. The topological polar surface area (TPSA) is 35.9 Å². The molecule has 1 aliphatic heterocycles. The molecule has 0 spiro atoms. The van der Waals surface area contributed by atoms with Crippen LogP contribution < -0.4 is 0 Å². The molecule has 1 saturated heterocycles. The van der Waals surface area contributed by atoms with Crippen LogP contribution >= 0.6 is 0 Å². The Balaban J connectivity index is 1.63. The lowest BCUT2D eigenvalue weighted by Crippen LogP contribution is -2.52. The van der Waals surface area contributed by atoms with E-state index in [4.69, 9.17) is 9.84 Å². The molecule has 1 N–H and O–H groups in total. The molecule has 0 amide bonds. The standard InChI is InChI=1S/C18H36N2O2/c1-18(2,3)16-4-6-17(7-5-16)20-10-8-19(9-11-20)12-14-22-15-13-21/h16-17,21H,4-15H2,1-3H3. The van der Waals surface area contributed by atoms with Crippen LogP contribution in [0.5, 0.6) is 0 Å². The van der Waals surface area contributed by atoms with Gasteiger partial charge in [0.2, 0.25) is 0 Å². The molecule has 0 aromatic heterocycles. The van der Waals surface area contributed by atoms with E-state index in [1.165, 1.54) is 51.9 Å². The van der Waals surface area contributed by atoms with Crippen LogP contribution in [0.4, 0.5) is 0 Å². The first kappa shape index (κ1) is 18.2. The highest BCUT2D eigenvalue weighted by atomic mass is 16.5. The van der Waals surface area contributed by atoms with Crippen molar-refractivity contribution in [2.24, 2.45) is 11.3 Å². The average molecular weight is 312 g/mol. The molecule has 0 radical (unpaired) electrons. The number of nitrogens with zero attached hydrogens (tertiary/aromatic N) is 2. The van der Waals surface area contributed by atoms with Gasteiger partial charge in [-0.1, -0.05) is 20.8 Å². The Morgan fingerprint density at radius 2 is 1.59 bits per heavy atom.